The van der Waals surface area contributed by atoms with Crippen molar-refractivity contribution >= 4 is 11.7 Å². The van der Waals surface area contributed by atoms with E-state index in [9.17, 15) is 9.90 Å². The van der Waals surface area contributed by atoms with E-state index in [1.165, 1.54) is 0 Å². The molecule has 0 aliphatic carbocycles. The van der Waals surface area contributed by atoms with Crippen LogP contribution in [0.25, 0.3) is 0 Å². The third kappa shape index (κ3) is 4.25. The predicted octanol–water partition coefficient (Wildman–Crippen LogP) is 1.98. The Bertz CT molecular complexity index is 405. The monoisotopic (exact) mass is 252 g/mol. The lowest BCUT2D eigenvalue weighted by atomic mass is 10.0. The van der Waals surface area contributed by atoms with Crippen molar-refractivity contribution < 1.29 is 14.6 Å². The van der Waals surface area contributed by atoms with E-state index in [-0.39, 0.29) is 12.6 Å². The molecule has 0 fully saturated rings. The van der Waals surface area contributed by atoms with Crippen LogP contribution in [0.2, 0.25) is 0 Å². The highest BCUT2D eigenvalue weighted by Crippen LogP contribution is 2.22. The molecule has 3 N–H and O–H groups in total. The van der Waals surface area contributed by atoms with Crippen molar-refractivity contribution in [1.29, 1.82) is 0 Å². The third-order valence-corrected chi connectivity index (χ3v) is 2.75. The van der Waals surface area contributed by atoms with Gasteiger partial charge in [-0.2, -0.15) is 0 Å². The van der Waals surface area contributed by atoms with E-state index >= 15 is 0 Å². The molecule has 2 amide bonds. The Hall–Kier alpha value is -1.75. The summed E-state index contributed by atoms with van der Waals surface area (Å²) >= 11 is 0. The predicted molar refractivity (Wildman–Crippen MR) is 70.9 cm³/mol. The number of hydrogen-bond acceptors (Lipinski definition) is 3. The lowest BCUT2D eigenvalue weighted by Gasteiger charge is -2.21. The summed E-state index contributed by atoms with van der Waals surface area (Å²) in [4.78, 5) is 11.7. The summed E-state index contributed by atoms with van der Waals surface area (Å²) in [5, 5.41) is 15.1. The number of nitrogens with one attached hydrogen (secondary N) is 2. The molecule has 1 rings (SSSR count). The van der Waals surface area contributed by atoms with Crippen LogP contribution in [-0.2, 0) is 0 Å². The number of rotatable bonds is 5. The van der Waals surface area contributed by atoms with E-state index in [0.717, 1.165) is 0 Å². The van der Waals surface area contributed by atoms with Gasteiger partial charge in [-0.15, -0.1) is 0 Å². The number of benzene rings is 1. The molecular formula is C13H20N2O3. The van der Waals surface area contributed by atoms with Crippen LogP contribution < -0.4 is 15.4 Å². The van der Waals surface area contributed by atoms with Gasteiger partial charge in [-0.25, -0.2) is 4.79 Å². The van der Waals surface area contributed by atoms with E-state index in [2.05, 4.69) is 10.6 Å². The number of para-hydroxylation sites is 2. The number of carbonyl (C=O) groups excluding carboxylic acids is 1. The summed E-state index contributed by atoms with van der Waals surface area (Å²) in [5.74, 6) is 0.593. The second kappa shape index (κ2) is 6.26. The fraction of sp³-hybridized carbons (Fsp3) is 0.462. The Balaban J connectivity index is 2.55. The minimum absolute atomic E-state index is 0.199. The molecule has 1 atom stereocenters. The van der Waals surface area contributed by atoms with Gasteiger partial charge in [0.25, 0.3) is 0 Å². The first-order chi connectivity index (χ1) is 8.48. The van der Waals surface area contributed by atoms with Crippen LogP contribution in [0.5, 0.6) is 5.75 Å². The summed E-state index contributed by atoms with van der Waals surface area (Å²) in [6, 6.07) is 6.77. The molecule has 0 unspecified atom stereocenters. The zero-order valence-electron chi connectivity index (χ0n) is 11.0. The van der Waals surface area contributed by atoms with Crippen molar-refractivity contribution in [3.8, 4) is 5.75 Å². The summed E-state index contributed by atoms with van der Waals surface area (Å²) in [6.45, 7) is 3.74. The van der Waals surface area contributed by atoms with Crippen LogP contribution >= 0.6 is 0 Å². The Kier molecular flexibility index (Phi) is 4.97. The minimum atomic E-state index is -0.891. The van der Waals surface area contributed by atoms with Crippen LogP contribution in [0.4, 0.5) is 10.5 Å². The SMILES string of the molecule is CC[C@@](C)(O)CNC(=O)Nc1ccccc1OC. The van der Waals surface area contributed by atoms with Gasteiger partial charge >= 0.3 is 6.03 Å². The first-order valence-electron chi connectivity index (χ1n) is 5.89. The molecule has 0 spiro atoms. The maximum atomic E-state index is 11.7. The molecule has 0 aliphatic rings. The molecule has 0 aliphatic heterocycles. The minimum Gasteiger partial charge on any atom is -0.495 e. The number of aliphatic hydroxyl groups is 1. The summed E-state index contributed by atoms with van der Waals surface area (Å²) in [6.07, 6.45) is 0.571. The van der Waals surface area contributed by atoms with Gasteiger partial charge in [0.05, 0.1) is 18.4 Å². The lowest BCUT2D eigenvalue weighted by Crippen LogP contribution is -2.41. The maximum Gasteiger partial charge on any atom is 0.319 e. The zero-order chi connectivity index (χ0) is 13.6. The topological polar surface area (TPSA) is 70.6 Å². The quantitative estimate of drug-likeness (QED) is 0.750. The van der Waals surface area contributed by atoms with Gasteiger partial charge in [0.15, 0.2) is 0 Å². The molecule has 5 heteroatoms. The molecule has 18 heavy (non-hydrogen) atoms. The molecular weight excluding hydrogens is 232 g/mol. The number of amides is 2. The normalized spacial score (nSPS) is 13.6. The van der Waals surface area contributed by atoms with E-state index in [1.807, 2.05) is 13.0 Å². The van der Waals surface area contributed by atoms with Gasteiger partial charge in [0.2, 0.25) is 0 Å². The molecule has 1 aromatic rings. The van der Waals surface area contributed by atoms with Gasteiger partial charge in [-0.1, -0.05) is 19.1 Å². The average Bonchev–Trinajstić information content (AvgIpc) is 2.37. The maximum absolute atomic E-state index is 11.7. The Morgan fingerprint density at radius 1 is 1.44 bits per heavy atom. The summed E-state index contributed by atoms with van der Waals surface area (Å²) in [5.41, 5.74) is -0.299. The van der Waals surface area contributed by atoms with Crippen molar-refractivity contribution in [3.63, 3.8) is 0 Å². The Morgan fingerprint density at radius 3 is 2.72 bits per heavy atom. The van der Waals surface area contributed by atoms with Crippen LogP contribution in [0.15, 0.2) is 24.3 Å². The van der Waals surface area contributed by atoms with Crippen molar-refractivity contribution in [3.05, 3.63) is 24.3 Å². The lowest BCUT2D eigenvalue weighted by molar-refractivity contribution is 0.0587. The van der Waals surface area contributed by atoms with Gasteiger partial charge in [0.1, 0.15) is 5.75 Å². The van der Waals surface area contributed by atoms with Crippen LogP contribution in [0, 0.1) is 0 Å². The van der Waals surface area contributed by atoms with Gasteiger partial charge in [0, 0.05) is 6.54 Å². The van der Waals surface area contributed by atoms with Crippen molar-refractivity contribution in [1.82, 2.24) is 5.32 Å². The fourth-order valence-corrected chi connectivity index (χ4v) is 1.31. The number of anilines is 1. The number of carbonyl (C=O) groups is 1. The average molecular weight is 252 g/mol. The molecule has 0 radical (unpaired) electrons. The van der Waals surface area contributed by atoms with Crippen molar-refractivity contribution in [2.75, 3.05) is 19.0 Å². The Morgan fingerprint density at radius 2 is 2.11 bits per heavy atom. The second-order valence-corrected chi connectivity index (χ2v) is 4.36. The van der Waals surface area contributed by atoms with Crippen LogP contribution in [-0.4, -0.2) is 30.4 Å². The molecule has 1 aromatic carbocycles. The highest BCUT2D eigenvalue weighted by Gasteiger charge is 2.18. The van der Waals surface area contributed by atoms with Crippen LogP contribution in [0.1, 0.15) is 20.3 Å². The van der Waals surface area contributed by atoms with Crippen molar-refractivity contribution in [2.45, 2.75) is 25.9 Å². The molecule has 0 bridgehead atoms. The Labute approximate surface area is 107 Å². The molecule has 0 heterocycles. The van der Waals surface area contributed by atoms with Gasteiger partial charge < -0.3 is 20.5 Å². The highest BCUT2D eigenvalue weighted by molar-refractivity contribution is 5.90. The second-order valence-electron chi connectivity index (χ2n) is 4.36. The first kappa shape index (κ1) is 14.3. The molecule has 0 aromatic heterocycles. The number of hydrogen-bond donors (Lipinski definition) is 3. The van der Waals surface area contributed by atoms with E-state index < -0.39 is 5.60 Å². The number of urea groups is 1. The number of ether oxygens (including phenoxy) is 1. The molecule has 0 saturated heterocycles. The molecule has 100 valence electrons. The molecule has 0 saturated carbocycles. The van der Waals surface area contributed by atoms with Gasteiger partial charge in [-0.05, 0) is 25.5 Å². The van der Waals surface area contributed by atoms with Crippen LogP contribution in [0.3, 0.4) is 0 Å². The highest BCUT2D eigenvalue weighted by atomic mass is 16.5. The summed E-state index contributed by atoms with van der Waals surface area (Å²) in [7, 11) is 1.54. The van der Waals surface area contributed by atoms with E-state index in [0.29, 0.717) is 17.9 Å². The van der Waals surface area contributed by atoms with E-state index in [1.54, 1.807) is 32.2 Å². The smallest absolute Gasteiger partial charge is 0.319 e. The largest absolute Gasteiger partial charge is 0.495 e. The molecule has 5 nitrogen and oxygen atoms in total. The van der Waals surface area contributed by atoms with Crippen molar-refractivity contribution in [2.24, 2.45) is 0 Å². The third-order valence-electron chi connectivity index (χ3n) is 2.75. The zero-order valence-corrected chi connectivity index (χ0v) is 11.0. The first-order valence-corrected chi connectivity index (χ1v) is 5.89. The van der Waals surface area contributed by atoms with Gasteiger partial charge in [-0.3, -0.25) is 0 Å². The van der Waals surface area contributed by atoms with E-state index in [4.69, 9.17) is 4.74 Å². The summed E-state index contributed by atoms with van der Waals surface area (Å²) < 4.78 is 5.12. The fourth-order valence-electron chi connectivity index (χ4n) is 1.31. The standard InChI is InChI=1S/C13H20N2O3/c1-4-13(2,17)9-14-12(16)15-10-7-5-6-8-11(10)18-3/h5-8,17H,4,9H2,1-3H3,(H2,14,15,16)/t13-/m1/s1. The number of methoxy groups -OCH3 is 1.